The van der Waals surface area contributed by atoms with E-state index in [0.29, 0.717) is 5.41 Å². The van der Waals surface area contributed by atoms with E-state index in [1.54, 1.807) is 0 Å². The van der Waals surface area contributed by atoms with E-state index < -0.39 is 0 Å². The van der Waals surface area contributed by atoms with Crippen molar-refractivity contribution in [2.45, 2.75) is 72.6 Å². The number of rotatable bonds is 2. The van der Waals surface area contributed by atoms with Crippen molar-refractivity contribution in [2.24, 2.45) is 22.7 Å². The second-order valence-corrected chi connectivity index (χ2v) is 8.11. The molecule has 0 heterocycles. The fourth-order valence-electron chi connectivity index (χ4n) is 4.94. The van der Waals surface area contributed by atoms with E-state index in [1.165, 1.54) is 44.9 Å². The second-order valence-electron chi connectivity index (χ2n) is 8.11. The molecule has 4 rings (SSSR count). The maximum Gasteiger partial charge on any atom is -0.0166 e. The molecule has 0 heteroatoms. The van der Waals surface area contributed by atoms with Gasteiger partial charge in [-0.1, -0.05) is 38.8 Å². The Morgan fingerprint density at radius 2 is 1.82 bits per heavy atom. The van der Waals surface area contributed by atoms with E-state index in [9.17, 15) is 0 Å². The Morgan fingerprint density at radius 3 is 2.35 bits per heavy atom. The molecule has 0 N–H and O–H groups in total. The van der Waals surface area contributed by atoms with Gasteiger partial charge in [-0.2, -0.15) is 0 Å². The molecule has 3 fully saturated rings. The van der Waals surface area contributed by atoms with Gasteiger partial charge in [-0.15, -0.1) is 0 Å². The van der Waals surface area contributed by atoms with Crippen molar-refractivity contribution in [3.05, 3.63) is 11.1 Å². The summed E-state index contributed by atoms with van der Waals surface area (Å²) in [7, 11) is 0. The van der Waals surface area contributed by atoms with E-state index in [-0.39, 0.29) is 0 Å². The van der Waals surface area contributed by atoms with Crippen molar-refractivity contribution in [1.29, 1.82) is 0 Å². The predicted molar refractivity (Wildman–Crippen MR) is 73.9 cm³/mol. The Hall–Kier alpha value is -0.260. The van der Waals surface area contributed by atoms with Crippen molar-refractivity contribution in [3.63, 3.8) is 0 Å². The van der Waals surface area contributed by atoms with Gasteiger partial charge in [0.25, 0.3) is 0 Å². The van der Waals surface area contributed by atoms with Gasteiger partial charge < -0.3 is 0 Å². The fourth-order valence-corrected chi connectivity index (χ4v) is 4.94. The summed E-state index contributed by atoms with van der Waals surface area (Å²) >= 11 is 0. The van der Waals surface area contributed by atoms with Gasteiger partial charge in [0.2, 0.25) is 0 Å². The summed E-state index contributed by atoms with van der Waals surface area (Å²) in [4.78, 5) is 0. The van der Waals surface area contributed by atoms with Crippen LogP contribution in [0.15, 0.2) is 11.1 Å². The van der Waals surface area contributed by atoms with Crippen molar-refractivity contribution in [1.82, 2.24) is 0 Å². The quantitative estimate of drug-likeness (QED) is 0.564. The zero-order valence-electron chi connectivity index (χ0n) is 12.1. The van der Waals surface area contributed by atoms with Gasteiger partial charge in [-0.25, -0.2) is 0 Å². The van der Waals surface area contributed by atoms with Crippen LogP contribution in [0.3, 0.4) is 0 Å². The number of hydrogen-bond donors (Lipinski definition) is 0. The summed E-state index contributed by atoms with van der Waals surface area (Å²) in [5.74, 6) is 2.04. The van der Waals surface area contributed by atoms with E-state index in [2.05, 4.69) is 27.7 Å². The van der Waals surface area contributed by atoms with Gasteiger partial charge in [0.1, 0.15) is 0 Å². The molecular weight excluding hydrogens is 204 g/mol. The van der Waals surface area contributed by atoms with Crippen LogP contribution < -0.4 is 0 Å². The van der Waals surface area contributed by atoms with Crippen molar-refractivity contribution < 1.29 is 0 Å². The van der Waals surface area contributed by atoms with Crippen LogP contribution in [-0.4, -0.2) is 0 Å². The summed E-state index contributed by atoms with van der Waals surface area (Å²) in [5, 5.41) is 0. The number of fused-ring (bicyclic) bond motifs is 1. The van der Waals surface area contributed by atoms with Gasteiger partial charge >= 0.3 is 0 Å². The molecule has 17 heavy (non-hydrogen) atoms. The third kappa shape index (κ3) is 1.88. The first-order valence-electron chi connectivity index (χ1n) is 7.63. The molecule has 0 nitrogen and oxygen atoms in total. The largest absolute Gasteiger partial charge is 0.0710 e. The molecule has 2 bridgehead atoms. The first kappa shape index (κ1) is 11.8. The molecule has 4 aliphatic rings. The lowest BCUT2D eigenvalue weighted by molar-refractivity contribution is 0.164. The smallest absolute Gasteiger partial charge is 0.0166 e. The maximum atomic E-state index is 2.52. The minimum absolute atomic E-state index is 0.571. The molecule has 0 aliphatic heterocycles. The average molecular weight is 232 g/mol. The fraction of sp³-hybridized carbons (Fsp3) is 0.882. The molecule has 0 unspecified atom stereocenters. The van der Waals surface area contributed by atoms with Crippen molar-refractivity contribution >= 4 is 0 Å². The molecule has 0 saturated heterocycles. The Kier molecular flexibility index (Phi) is 2.51. The van der Waals surface area contributed by atoms with Gasteiger partial charge in [-0.3, -0.25) is 0 Å². The van der Waals surface area contributed by atoms with E-state index in [4.69, 9.17) is 0 Å². The van der Waals surface area contributed by atoms with E-state index in [0.717, 1.165) is 17.3 Å². The van der Waals surface area contributed by atoms with Crippen molar-refractivity contribution in [3.8, 4) is 0 Å². The number of hydrogen-bond acceptors (Lipinski definition) is 0. The van der Waals surface area contributed by atoms with Gasteiger partial charge in [-0.05, 0) is 67.6 Å². The third-order valence-electron chi connectivity index (χ3n) is 5.89. The molecule has 3 saturated carbocycles. The summed E-state index contributed by atoms with van der Waals surface area (Å²) in [6.45, 7) is 9.83. The van der Waals surface area contributed by atoms with Gasteiger partial charge in [0.15, 0.2) is 0 Å². The third-order valence-corrected chi connectivity index (χ3v) is 5.89. The highest BCUT2D eigenvalue weighted by Crippen LogP contribution is 2.65. The molecule has 0 aromatic carbocycles. The summed E-state index contributed by atoms with van der Waals surface area (Å²) in [5.41, 5.74) is 5.06. The van der Waals surface area contributed by atoms with E-state index in [1.807, 2.05) is 11.1 Å². The topological polar surface area (TPSA) is 0 Å². The lowest BCUT2D eigenvalue weighted by Crippen LogP contribution is -2.26. The highest BCUT2D eigenvalue weighted by Gasteiger charge is 2.54. The Balaban J connectivity index is 1.86. The van der Waals surface area contributed by atoms with Crippen LogP contribution in [-0.2, 0) is 0 Å². The summed E-state index contributed by atoms with van der Waals surface area (Å²) in [6, 6.07) is 0. The zero-order valence-corrected chi connectivity index (χ0v) is 12.1. The van der Waals surface area contributed by atoms with Crippen molar-refractivity contribution in [2.75, 3.05) is 0 Å². The second kappa shape index (κ2) is 3.62. The molecule has 0 amide bonds. The Morgan fingerprint density at radius 1 is 1.12 bits per heavy atom. The molecular formula is C17H28. The minimum Gasteiger partial charge on any atom is -0.0710 e. The highest BCUT2D eigenvalue weighted by atomic mass is 14.6. The molecule has 96 valence electrons. The monoisotopic (exact) mass is 232 g/mol. The van der Waals surface area contributed by atoms with Crippen LogP contribution in [0.1, 0.15) is 72.6 Å². The molecule has 4 aliphatic carbocycles. The lowest BCUT2D eigenvalue weighted by atomic mass is 9.67. The molecule has 0 aromatic heterocycles. The van der Waals surface area contributed by atoms with Crippen LogP contribution in [0.2, 0.25) is 0 Å². The molecule has 0 spiro atoms. The van der Waals surface area contributed by atoms with Crippen LogP contribution in [0.25, 0.3) is 0 Å². The Labute approximate surface area is 107 Å². The predicted octanol–water partition coefficient (Wildman–Crippen LogP) is 5.34. The first-order valence-corrected chi connectivity index (χ1v) is 7.63. The van der Waals surface area contributed by atoms with Crippen LogP contribution in [0.5, 0.6) is 0 Å². The molecule has 1 atom stereocenters. The standard InChI is InChI=1S/C17H28/c1-5-12-6-7-16(2,3)10-14(12)15-11-17(4)8-13(15)9-17/h13,15H,5-11H2,1-4H3/t13?,15-,17?/m1/s1. The average Bonchev–Trinajstić information content (AvgIpc) is 2.70. The Bertz CT molecular complexity index is 352. The molecule has 0 radical (unpaired) electrons. The zero-order chi connectivity index (χ0) is 12.3. The number of allylic oxidation sites excluding steroid dienone is 2. The summed E-state index contributed by atoms with van der Waals surface area (Å²) < 4.78 is 0. The normalized spacial score (nSPS) is 43.8. The van der Waals surface area contributed by atoms with Crippen LogP contribution >= 0.6 is 0 Å². The summed E-state index contributed by atoms with van der Waals surface area (Å²) in [6.07, 6.45) is 10.1. The lowest BCUT2D eigenvalue weighted by Gasteiger charge is -2.38. The highest BCUT2D eigenvalue weighted by molar-refractivity contribution is 5.27. The first-order chi connectivity index (χ1) is 7.92. The SMILES string of the molecule is CCC1=C([C@@H]2CC3(C)CC2C3)CC(C)(C)CC1. The van der Waals surface area contributed by atoms with E-state index >= 15 is 0 Å². The maximum absolute atomic E-state index is 2.52. The van der Waals surface area contributed by atoms with Gasteiger partial charge in [0, 0.05) is 0 Å². The van der Waals surface area contributed by atoms with Gasteiger partial charge in [0.05, 0.1) is 0 Å². The molecule has 0 aromatic rings. The van der Waals surface area contributed by atoms with Crippen LogP contribution in [0, 0.1) is 22.7 Å². The minimum atomic E-state index is 0.571. The van der Waals surface area contributed by atoms with Crippen LogP contribution in [0.4, 0.5) is 0 Å².